The number of hydrogen-bond acceptors (Lipinski definition) is 6. The molecule has 1 fully saturated rings. The van der Waals surface area contributed by atoms with Gasteiger partial charge in [0.1, 0.15) is 12.4 Å². The standard InChI is InChI=1S/C21H19N3O5/c1-27-18-4-2-3-14(11-18)19-12-16(23-29-19)13-20(25)22-15-5-7-17(8-6-15)24-9-10-28-21(24)26/h2-8,11-12H,9-10,13H2,1H3,(H,22,25). The van der Waals surface area contributed by atoms with Crippen molar-refractivity contribution in [1.29, 1.82) is 0 Å². The summed E-state index contributed by atoms with van der Waals surface area (Å²) in [6.07, 6.45) is -0.284. The van der Waals surface area contributed by atoms with E-state index in [-0.39, 0.29) is 18.4 Å². The summed E-state index contributed by atoms with van der Waals surface area (Å²) in [5.41, 5.74) is 2.70. The number of cyclic esters (lactones) is 1. The Morgan fingerprint density at radius 3 is 2.76 bits per heavy atom. The fraction of sp³-hybridized carbons (Fsp3) is 0.190. The van der Waals surface area contributed by atoms with E-state index in [0.29, 0.717) is 36.0 Å². The van der Waals surface area contributed by atoms with Crippen molar-refractivity contribution in [3.63, 3.8) is 0 Å². The lowest BCUT2D eigenvalue weighted by molar-refractivity contribution is -0.115. The maximum absolute atomic E-state index is 12.3. The number of hydrogen-bond donors (Lipinski definition) is 1. The zero-order valence-electron chi connectivity index (χ0n) is 15.8. The third-order valence-electron chi connectivity index (χ3n) is 4.48. The molecule has 0 aliphatic carbocycles. The second-order valence-corrected chi connectivity index (χ2v) is 6.45. The zero-order valence-corrected chi connectivity index (χ0v) is 15.8. The van der Waals surface area contributed by atoms with Crippen LogP contribution < -0.4 is 15.0 Å². The van der Waals surface area contributed by atoms with Crippen LogP contribution in [0.2, 0.25) is 0 Å². The highest BCUT2D eigenvalue weighted by atomic mass is 16.6. The van der Waals surface area contributed by atoms with Crippen molar-refractivity contribution in [3.8, 4) is 17.1 Å². The summed E-state index contributed by atoms with van der Waals surface area (Å²) in [5.74, 6) is 1.06. The van der Waals surface area contributed by atoms with E-state index in [0.717, 1.165) is 11.3 Å². The van der Waals surface area contributed by atoms with Crippen LogP contribution in [-0.4, -0.2) is 37.4 Å². The number of methoxy groups -OCH3 is 1. The van der Waals surface area contributed by atoms with E-state index in [2.05, 4.69) is 10.5 Å². The summed E-state index contributed by atoms with van der Waals surface area (Å²) < 4.78 is 15.5. The van der Waals surface area contributed by atoms with Crippen molar-refractivity contribution in [2.75, 3.05) is 30.5 Å². The lowest BCUT2D eigenvalue weighted by atomic mass is 10.1. The molecule has 1 aromatic heterocycles. The number of benzene rings is 2. The van der Waals surface area contributed by atoms with Gasteiger partial charge in [0, 0.05) is 23.0 Å². The van der Waals surface area contributed by atoms with Gasteiger partial charge < -0.3 is 19.3 Å². The summed E-state index contributed by atoms with van der Waals surface area (Å²) in [6.45, 7) is 0.902. The SMILES string of the molecule is COc1cccc(-c2cc(CC(=O)Nc3ccc(N4CCOC4=O)cc3)no2)c1. The molecule has 4 rings (SSSR count). The van der Waals surface area contributed by atoms with Crippen LogP contribution in [-0.2, 0) is 16.0 Å². The summed E-state index contributed by atoms with van der Waals surface area (Å²) in [4.78, 5) is 25.5. The van der Waals surface area contributed by atoms with Crippen molar-refractivity contribution in [2.24, 2.45) is 0 Å². The van der Waals surface area contributed by atoms with Crippen LogP contribution in [0.3, 0.4) is 0 Å². The second kappa shape index (κ2) is 8.05. The van der Waals surface area contributed by atoms with Gasteiger partial charge in [-0.3, -0.25) is 9.69 Å². The van der Waals surface area contributed by atoms with E-state index >= 15 is 0 Å². The Kier molecular flexibility index (Phi) is 5.15. The first kappa shape index (κ1) is 18.5. The minimum Gasteiger partial charge on any atom is -0.497 e. The highest BCUT2D eigenvalue weighted by molar-refractivity contribution is 5.93. The van der Waals surface area contributed by atoms with Gasteiger partial charge in [-0.1, -0.05) is 17.3 Å². The fourth-order valence-corrected chi connectivity index (χ4v) is 3.03. The van der Waals surface area contributed by atoms with Crippen LogP contribution in [0, 0.1) is 0 Å². The number of rotatable bonds is 6. The van der Waals surface area contributed by atoms with Gasteiger partial charge in [0.2, 0.25) is 5.91 Å². The molecule has 8 nitrogen and oxygen atoms in total. The molecule has 3 aromatic rings. The van der Waals surface area contributed by atoms with Crippen LogP contribution in [0.4, 0.5) is 16.2 Å². The Hall–Kier alpha value is -3.81. The number of nitrogens with zero attached hydrogens (tertiary/aromatic N) is 2. The van der Waals surface area contributed by atoms with Crippen molar-refractivity contribution < 1.29 is 23.6 Å². The molecule has 0 bridgehead atoms. The molecule has 148 valence electrons. The minimum absolute atomic E-state index is 0.0771. The quantitative estimate of drug-likeness (QED) is 0.689. The summed E-state index contributed by atoms with van der Waals surface area (Å²) in [5, 5.41) is 6.78. The normalized spacial score (nSPS) is 13.3. The van der Waals surface area contributed by atoms with Crippen LogP contribution >= 0.6 is 0 Å². The van der Waals surface area contributed by atoms with E-state index < -0.39 is 0 Å². The van der Waals surface area contributed by atoms with Crippen LogP contribution in [0.1, 0.15) is 5.69 Å². The average molecular weight is 393 g/mol. The molecule has 0 spiro atoms. The molecule has 2 amide bonds. The molecule has 0 saturated carbocycles. The van der Waals surface area contributed by atoms with Gasteiger partial charge in [0.25, 0.3) is 0 Å². The Bertz CT molecular complexity index is 1030. The van der Waals surface area contributed by atoms with E-state index in [1.807, 2.05) is 24.3 Å². The molecule has 0 unspecified atom stereocenters. The maximum Gasteiger partial charge on any atom is 0.414 e. The van der Waals surface area contributed by atoms with Gasteiger partial charge in [-0.25, -0.2) is 4.79 Å². The molecule has 1 saturated heterocycles. The van der Waals surface area contributed by atoms with Crippen LogP contribution in [0.5, 0.6) is 5.75 Å². The Morgan fingerprint density at radius 2 is 2.03 bits per heavy atom. The molecule has 0 radical (unpaired) electrons. The predicted octanol–water partition coefficient (Wildman–Crippen LogP) is 3.49. The van der Waals surface area contributed by atoms with Gasteiger partial charge in [-0.05, 0) is 36.4 Å². The first-order valence-corrected chi connectivity index (χ1v) is 9.06. The first-order chi connectivity index (χ1) is 14.1. The molecule has 2 heterocycles. The number of amides is 2. The molecule has 29 heavy (non-hydrogen) atoms. The summed E-state index contributed by atoms with van der Waals surface area (Å²) >= 11 is 0. The minimum atomic E-state index is -0.361. The van der Waals surface area contributed by atoms with Crippen LogP contribution in [0.25, 0.3) is 11.3 Å². The third kappa shape index (κ3) is 4.21. The van der Waals surface area contributed by atoms with Crippen molar-refractivity contribution >= 4 is 23.4 Å². The molecule has 1 aliphatic rings. The number of anilines is 2. The molecule has 2 aromatic carbocycles. The Labute approximate surface area is 167 Å². The number of aromatic nitrogens is 1. The zero-order chi connectivity index (χ0) is 20.2. The molecule has 8 heteroatoms. The molecular weight excluding hydrogens is 374 g/mol. The van der Waals surface area contributed by atoms with Gasteiger partial charge in [-0.2, -0.15) is 0 Å². The number of carbonyl (C=O) groups is 2. The second-order valence-electron chi connectivity index (χ2n) is 6.45. The van der Waals surface area contributed by atoms with Crippen LogP contribution in [0.15, 0.2) is 59.1 Å². The average Bonchev–Trinajstić information content (AvgIpc) is 3.37. The lowest BCUT2D eigenvalue weighted by Crippen LogP contribution is -2.23. The fourth-order valence-electron chi connectivity index (χ4n) is 3.03. The molecule has 0 atom stereocenters. The van der Waals surface area contributed by atoms with Gasteiger partial charge in [-0.15, -0.1) is 0 Å². The van der Waals surface area contributed by atoms with Gasteiger partial charge >= 0.3 is 6.09 Å². The Balaban J connectivity index is 1.37. The smallest absolute Gasteiger partial charge is 0.414 e. The number of carbonyl (C=O) groups excluding carboxylic acids is 2. The first-order valence-electron chi connectivity index (χ1n) is 9.06. The van der Waals surface area contributed by atoms with Crippen molar-refractivity contribution in [1.82, 2.24) is 5.16 Å². The summed E-state index contributed by atoms with van der Waals surface area (Å²) in [7, 11) is 1.60. The molecule has 1 aliphatic heterocycles. The number of ether oxygens (including phenoxy) is 2. The third-order valence-corrected chi connectivity index (χ3v) is 4.48. The van der Waals surface area contributed by atoms with Gasteiger partial charge in [0.05, 0.1) is 25.8 Å². The summed E-state index contributed by atoms with van der Waals surface area (Å²) in [6, 6.07) is 16.1. The predicted molar refractivity (Wildman–Crippen MR) is 106 cm³/mol. The van der Waals surface area contributed by atoms with E-state index in [1.165, 1.54) is 0 Å². The van der Waals surface area contributed by atoms with E-state index in [4.69, 9.17) is 14.0 Å². The van der Waals surface area contributed by atoms with E-state index in [1.54, 1.807) is 42.3 Å². The highest BCUT2D eigenvalue weighted by Crippen LogP contribution is 2.25. The molecule has 1 N–H and O–H groups in total. The maximum atomic E-state index is 12.3. The topological polar surface area (TPSA) is 93.9 Å². The van der Waals surface area contributed by atoms with E-state index in [9.17, 15) is 9.59 Å². The monoisotopic (exact) mass is 393 g/mol. The van der Waals surface area contributed by atoms with Crippen molar-refractivity contribution in [3.05, 3.63) is 60.3 Å². The lowest BCUT2D eigenvalue weighted by Gasteiger charge is -2.13. The van der Waals surface area contributed by atoms with Gasteiger partial charge in [0.15, 0.2) is 5.76 Å². The largest absolute Gasteiger partial charge is 0.497 e. The highest BCUT2D eigenvalue weighted by Gasteiger charge is 2.23. The Morgan fingerprint density at radius 1 is 1.21 bits per heavy atom. The number of nitrogens with one attached hydrogen (secondary N) is 1. The molecular formula is C21H19N3O5. The van der Waals surface area contributed by atoms with Crippen molar-refractivity contribution in [2.45, 2.75) is 6.42 Å².